The molecule has 0 bridgehead atoms. The molecule has 0 aliphatic rings. The number of nitrogen functional groups attached to an aromatic ring is 1. The average Bonchev–Trinajstić information content (AvgIpc) is 2.57. The van der Waals surface area contributed by atoms with Crippen molar-refractivity contribution >= 4 is 16.7 Å². The smallest absolute Gasteiger partial charge is 0.216 e. The summed E-state index contributed by atoms with van der Waals surface area (Å²) in [5.74, 6) is 1.67. The molecule has 0 atom stereocenters. The van der Waals surface area contributed by atoms with Crippen LogP contribution in [-0.2, 0) is 0 Å². The van der Waals surface area contributed by atoms with Gasteiger partial charge in [-0.05, 0) is 36.4 Å². The van der Waals surface area contributed by atoms with Gasteiger partial charge in [-0.2, -0.15) is 0 Å². The predicted molar refractivity (Wildman–Crippen MR) is 85.4 cm³/mol. The van der Waals surface area contributed by atoms with Gasteiger partial charge in [-0.25, -0.2) is 0 Å². The van der Waals surface area contributed by atoms with Gasteiger partial charge in [-0.15, -0.1) is 0 Å². The van der Waals surface area contributed by atoms with Gasteiger partial charge in [0.05, 0.1) is 19.6 Å². The number of methoxy groups -OCH3 is 2. The summed E-state index contributed by atoms with van der Waals surface area (Å²) < 4.78 is 16.1. The van der Waals surface area contributed by atoms with E-state index in [1.807, 2.05) is 0 Å². The molecule has 22 heavy (non-hydrogen) atoms. The molecule has 0 radical (unpaired) electrons. The van der Waals surface area contributed by atoms with Crippen molar-refractivity contribution in [3.8, 4) is 22.8 Å². The van der Waals surface area contributed by atoms with E-state index in [1.165, 1.54) is 0 Å². The maximum atomic E-state index is 12.4. The second kappa shape index (κ2) is 5.44. The van der Waals surface area contributed by atoms with E-state index in [2.05, 4.69) is 0 Å². The van der Waals surface area contributed by atoms with Crippen LogP contribution in [0.1, 0.15) is 0 Å². The number of hydrogen-bond donors (Lipinski definition) is 1. The first-order valence-corrected chi connectivity index (χ1v) is 6.69. The number of fused-ring (bicyclic) bond motifs is 1. The van der Waals surface area contributed by atoms with Crippen LogP contribution in [0.25, 0.3) is 22.3 Å². The molecule has 0 unspecified atom stereocenters. The molecule has 2 aromatic carbocycles. The van der Waals surface area contributed by atoms with Gasteiger partial charge in [0.1, 0.15) is 22.8 Å². The molecule has 3 rings (SSSR count). The van der Waals surface area contributed by atoms with Crippen molar-refractivity contribution < 1.29 is 13.9 Å². The predicted octanol–water partition coefficient (Wildman–Crippen LogP) is 3.06. The van der Waals surface area contributed by atoms with Crippen molar-refractivity contribution in [1.29, 1.82) is 0 Å². The fourth-order valence-electron chi connectivity index (χ4n) is 2.27. The monoisotopic (exact) mass is 297 g/mol. The van der Waals surface area contributed by atoms with E-state index in [-0.39, 0.29) is 11.1 Å². The van der Waals surface area contributed by atoms with E-state index in [0.29, 0.717) is 33.8 Å². The van der Waals surface area contributed by atoms with E-state index in [9.17, 15) is 4.79 Å². The Morgan fingerprint density at radius 3 is 2.23 bits per heavy atom. The Morgan fingerprint density at radius 2 is 1.59 bits per heavy atom. The molecule has 5 heteroatoms. The molecule has 1 aromatic heterocycles. The highest BCUT2D eigenvalue weighted by Gasteiger charge is 2.14. The summed E-state index contributed by atoms with van der Waals surface area (Å²) in [5.41, 5.74) is 6.93. The summed E-state index contributed by atoms with van der Waals surface area (Å²) in [4.78, 5) is 12.4. The number of benzene rings is 2. The molecule has 3 aromatic rings. The molecular weight excluding hydrogens is 282 g/mol. The summed E-state index contributed by atoms with van der Waals surface area (Å²) in [7, 11) is 3.15. The second-order valence-corrected chi connectivity index (χ2v) is 4.76. The van der Waals surface area contributed by atoms with Crippen LogP contribution >= 0.6 is 0 Å². The van der Waals surface area contributed by atoms with Crippen LogP contribution in [0.5, 0.6) is 11.5 Å². The van der Waals surface area contributed by atoms with Gasteiger partial charge in [-0.3, -0.25) is 4.79 Å². The van der Waals surface area contributed by atoms with Crippen LogP contribution < -0.4 is 20.6 Å². The van der Waals surface area contributed by atoms with Crippen molar-refractivity contribution in [1.82, 2.24) is 0 Å². The number of hydrogen-bond acceptors (Lipinski definition) is 5. The van der Waals surface area contributed by atoms with E-state index < -0.39 is 0 Å². The van der Waals surface area contributed by atoms with E-state index in [0.717, 1.165) is 0 Å². The van der Waals surface area contributed by atoms with Crippen molar-refractivity contribution in [2.75, 3.05) is 20.0 Å². The van der Waals surface area contributed by atoms with Crippen molar-refractivity contribution in [3.63, 3.8) is 0 Å². The number of nitrogens with two attached hydrogens (primary N) is 1. The van der Waals surface area contributed by atoms with E-state index in [1.54, 1.807) is 56.7 Å². The molecule has 2 N–H and O–H groups in total. The van der Waals surface area contributed by atoms with E-state index in [4.69, 9.17) is 19.6 Å². The largest absolute Gasteiger partial charge is 0.497 e. The zero-order valence-electron chi connectivity index (χ0n) is 12.3. The third-order valence-corrected chi connectivity index (χ3v) is 3.49. The fraction of sp³-hybridized carbons (Fsp3) is 0.118. The number of rotatable bonds is 3. The van der Waals surface area contributed by atoms with Crippen LogP contribution in [0.15, 0.2) is 51.7 Å². The molecule has 0 aliphatic heterocycles. The van der Waals surface area contributed by atoms with Crippen molar-refractivity contribution in [2.45, 2.75) is 0 Å². The normalized spacial score (nSPS) is 10.6. The summed E-state index contributed by atoms with van der Waals surface area (Å²) >= 11 is 0. The fourth-order valence-corrected chi connectivity index (χ4v) is 2.27. The molecule has 0 amide bonds. The maximum Gasteiger partial charge on any atom is 0.216 e. The Labute approximate surface area is 126 Å². The van der Waals surface area contributed by atoms with Crippen LogP contribution in [0.3, 0.4) is 0 Å². The van der Waals surface area contributed by atoms with Gasteiger partial charge < -0.3 is 19.6 Å². The molecule has 0 saturated carbocycles. The highest BCUT2D eigenvalue weighted by Crippen LogP contribution is 2.30. The Balaban J connectivity index is 2.24. The SMILES string of the molecule is COc1ccc(-c2oc3cc(OC)ccc3c(=O)c2N)cc1. The molecule has 0 fully saturated rings. The summed E-state index contributed by atoms with van der Waals surface area (Å²) in [6.45, 7) is 0. The first-order chi connectivity index (χ1) is 10.6. The third-order valence-electron chi connectivity index (χ3n) is 3.49. The average molecular weight is 297 g/mol. The zero-order valence-corrected chi connectivity index (χ0v) is 12.3. The zero-order chi connectivity index (χ0) is 15.7. The van der Waals surface area contributed by atoms with E-state index >= 15 is 0 Å². The Morgan fingerprint density at radius 1 is 0.955 bits per heavy atom. The maximum absolute atomic E-state index is 12.4. The van der Waals surface area contributed by atoms with Gasteiger partial charge in [-0.1, -0.05) is 0 Å². The first-order valence-electron chi connectivity index (χ1n) is 6.69. The van der Waals surface area contributed by atoms with Crippen LogP contribution in [0.2, 0.25) is 0 Å². The summed E-state index contributed by atoms with van der Waals surface area (Å²) in [6.07, 6.45) is 0. The molecule has 0 aliphatic carbocycles. The quantitative estimate of drug-likeness (QED) is 0.804. The number of ether oxygens (including phenoxy) is 2. The van der Waals surface area contributed by atoms with Crippen LogP contribution in [0.4, 0.5) is 5.69 Å². The molecule has 112 valence electrons. The highest BCUT2D eigenvalue weighted by molar-refractivity contribution is 5.86. The van der Waals surface area contributed by atoms with Gasteiger partial charge in [0.15, 0.2) is 5.76 Å². The Bertz CT molecular complexity index is 882. The number of anilines is 1. The highest BCUT2D eigenvalue weighted by atomic mass is 16.5. The Hall–Kier alpha value is -2.95. The topological polar surface area (TPSA) is 74.7 Å². The van der Waals surface area contributed by atoms with Crippen molar-refractivity contribution in [3.05, 3.63) is 52.7 Å². The minimum absolute atomic E-state index is 0.0860. The molecule has 1 heterocycles. The lowest BCUT2D eigenvalue weighted by Gasteiger charge is -2.08. The minimum atomic E-state index is -0.255. The van der Waals surface area contributed by atoms with Crippen molar-refractivity contribution in [2.24, 2.45) is 0 Å². The van der Waals surface area contributed by atoms with Gasteiger partial charge in [0.25, 0.3) is 0 Å². The summed E-state index contributed by atoms with van der Waals surface area (Å²) in [5, 5.41) is 0.426. The lowest BCUT2D eigenvalue weighted by atomic mass is 10.1. The van der Waals surface area contributed by atoms with Gasteiger partial charge in [0, 0.05) is 11.6 Å². The molecular formula is C17H15NO4. The molecule has 0 spiro atoms. The minimum Gasteiger partial charge on any atom is -0.497 e. The van der Waals surface area contributed by atoms with Gasteiger partial charge >= 0.3 is 0 Å². The third kappa shape index (κ3) is 2.26. The lowest BCUT2D eigenvalue weighted by molar-refractivity contribution is 0.414. The van der Waals surface area contributed by atoms with Gasteiger partial charge in [0.2, 0.25) is 5.43 Å². The van der Waals surface area contributed by atoms with Crippen LogP contribution in [0, 0.1) is 0 Å². The standard InChI is InChI=1S/C17H15NO4/c1-20-11-5-3-10(4-6-11)17-15(18)16(19)13-8-7-12(21-2)9-14(13)22-17/h3-9H,18H2,1-2H3. The summed E-state index contributed by atoms with van der Waals surface area (Å²) in [6, 6.07) is 12.2. The first kappa shape index (κ1) is 14.0. The lowest BCUT2D eigenvalue weighted by Crippen LogP contribution is -2.10. The van der Waals surface area contributed by atoms with Crippen LogP contribution in [-0.4, -0.2) is 14.2 Å². The molecule has 5 nitrogen and oxygen atoms in total. The Kier molecular flexibility index (Phi) is 3.47. The molecule has 0 saturated heterocycles. The second-order valence-electron chi connectivity index (χ2n) is 4.76.